The van der Waals surface area contributed by atoms with E-state index in [9.17, 15) is 9.59 Å². The van der Waals surface area contributed by atoms with Crippen LogP contribution in [0.1, 0.15) is 15.9 Å². The number of fused-ring (bicyclic) bond motifs is 1. The summed E-state index contributed by atoms with van der Waals surface area (Å²) in [5.74, 6) is 0.341. The molecule has 3 N–H and O–H groups in total. The van der Waals surface area contributed by atoms with Gasteiger partial charge in [0.2, 0.25) is 0 Å². The number of para-hydroxylation sites is 1. The van der Waals surface area contributed by atoms with Gasteiger partial charge >= 0.3 is 5.69 Å². The van der Waals surface area contributed by atoms with Crippen molar-refractivity contribution in [3.63, 3.8) is 0 Å². The van der Waals surface area contributed by atoms with E-state index in [4.69, 9.17) is 0 Å². The summed E-state index contributed by atoms with van der Waals surface area (Å²) in [5.41, 5.74) is 4.46. The predicted molar refractivity (Wildman–Crippen MR) is 134 cm³/mol. The summed E-state index contributed by atoms with van der Waals surface area (Å²) in [5, 5.41) is 6.89. The summed E-state index contributed by atoms with van der Waals surface area (Å²) >= 11 is 0. The molecule has 5 rings (SSSR count). The van der Waals surface area contributed by atoms with Crippen molar-refractivity contribution in [3.8, 4) is 11.1 Å². The Bertz CT molecular complexity index is 1510. The lowest BCUT2D eigenvalue weighted by atomic mass is 10.0. The maximum Gasteiger partial charge on any atom is 0.348 e. The van der Waals surface area contributed by atoms with Gasteiger partial charge in [0.25, 0.3) is 5.91 Å². The van der Waals surface area contributed by atoms with Gasteiger partial charge in [-0.1, -0.05) is 48.5 Å². The number of carbonyl (C=O) groups excluding carboxylic acids is 1. The number of amides is 1. The average Bonchev–Trinajstić information content (AvgIpc) is 2.88. The molecule has 2 aromatic heterocycles. The van der Waals surface area contributed by atoms with Crippen molar-refractivity contribution in [1.82, 2.24) is 15.0 Å². The largest absolute Gasteiger partial charge is 0.365 e. The molecule has 1 amide bonds. The van der Waals surface area contributed by atoms with Gasteiger partial charge in [-0.3, -0.25) is 9.78 Å². The summed E-state index contributed by atoms with van der Waals surface area (Å²) < 4.78 is 0. The number of nitrogens with one attached hydrogen (secondary N) is 3. The van der Waals surface area contributed by atoms with Crippen molar-refractivity contribution in [1.29, 1.82) is 0 Å². The molecule has 0 unspecified atom stereocenters. The molecule has 0 saturated carbocycles. The van der Waals surface area contributed by atoms with Crippen LogP contribution in [0.15, 0.2) is 102 Å². The highest BCUT2D eigenvalue weighted by Crippen LogP contribution is 2.23. The number of aromatic amines is 1. The van der Waals surface area contributed by atoms with Gasteiger partial charge in [0.05, 0.1) is 5.39 Å². The second-order valence-corrected chi connectivity index (χ2v) is 7.74. The van der Waals surface area contributed by atoms with Gasteiger partial charge in [-0.2, -0.15) is 4.98 Å². The Balaban J connectivity index is 1.31. The van der Waals surface area contributed by atoms with Crippen LogP contribution < -0.4 is 16.3 Å². The molecule has 3 aromatic carbocycles. The summed E-state index contributed by atoms with van der Waals surface area (Å²) in [6.07, 6.45) is 1.63. The monoisotopic (exact) mass is 447 g/mol. The van der Waals surface area contributed by atoms with Crippen LogP contribution >= 0.6 is 0 Å². The number of H-pyrrole nitrogens is 1. The molecule has 2 heterocycles. The number of hydrogen-bond acceptors (Lipinski definition) is 5. The third-order valence-corrected chi connectivity index (χ3v) is 5.40. The zero-order chi connectivity index (χ0) is 23.3. The molecule has 34 heavy (non-hydrogen) atoms. The normalized spacial score (nSPS) is 10.7. The van der Waals surface area contributed by atoms with Gasteiger partial charge in [0, 0.05) is 24.0 Å². The minimum Gasteiger partial charge on any atom is -0.365 e. The van der Waals surface area contributed by atoms with E-state index < -0.39 is 5.69 Å². The van der Waals surface area contributed by atoms with Crippen LogP contribution in [0, 0.1) is 0 Å². The van der Waals surface area contributed by atoms with Crippen molar-refractivity contribution >= 4 is 28.4 Å². The molecule has 0 atom stereocenters. The van der Waals surface area contributed by atoms with Crippen molar-refractivity contribution in [2.45, 2.75) is 6.54 Å². The summed E-state index contributed by atoms with van der Waals surface area (Å²) in [7, 11) is 0. The Morgan fingerprint density at radius 1 is 0.853 bits per heavy atom. The molecule has 0 saturated heterocycles. The molecular formula is C27H21N5O2. The lowest BCUT2D eigenvalue weighted by molar-refractivity contribution is 0.102. The number of anilines is 2. The number of nitrogens with zero attached hydrogens (tertiary/aromatic N) is 2. The van der Waals surface area contributed by atoms with Crippen molar-refractivity contribution in [2.75, 3.05) is 10.6 Å². The molecule has 0 radical (unpaired) electrons. The summed E-state index contributed by atoms with van der Waals surface area (Å²) in [4.78, 5) is 35.2. The SMILES string of the molecule is O=C(Nc1ccccc1)c1ccc(-c2cccc(CNc3nc(=O)[nH]c4ncccc34)c2)cc1. The minimum atomic E-state index is -0.446. The highest BCUT2D eigenvalue weighted by molar-refractivity contribution is 6.04. The Morgan fingerprint density at radius 2 is 1.68 bits per heavy atom. The molecule has 5 aromatic rings. The van der Waals surface area contributed by atoms with Crippen molar-refractivity contribution < 1.29 is 4.79 Å². The second kappa shape index (κ2) is 9.38. The minimum absolute atomic E-state index is 0.150. The van der Waals surface area contributed by atoms with Crippen LogP contribution in [0.4, 0.5) is 11.5 Å². The highest BCUT2D eigenvalue weighted by Gasteiger charge is 2.08. The molecular weight excluding hydrogens is 426 g/mol. The topological polar surface area (TPSA) is 99.8 Å². The number of benzene rings is 3. The van der Waals surface area contributed by atoms with Gasteiger partial charge in [0.15, 0.2) is 0 Å². The van der Waals surface area contributed by atoms with Gasteiger partial charge < -0.3 is 10.6 Å². The van der Waals surface area contributed by atoms with Crippen molar-refractivity contribution in [2.24, 2.45) is 0 Å². The lowest BCUT2D eigenvalue weighted by Gasteiger charge is -2.10. The molecule has 7 heteroatoms. The predicted octanol–water partition coefficient (Wildman–Crippen LogP) is 4.85. The van der Waals surface area contributed by atoms with Crippen molar-refractivity contribution in [3.05, 3.63) is 119 Å². The number of rotatable bonds is 6. The first-order valence-corrected chi connectivity index (χ1v) is 10.8. The molecule has 7 nitrogen and oxygen atoms in total. The molecule has 0 aliphatic rings. The zero-order valence-corrected chi connectivity index (χ0v) is 18.2. The van der Waals surface area contributed by atoms with Gasteiger partial charge in [-0.05, 0) is 59.2 Å². The maximum atomic E-state index is 12.5. The van der Waals surface area contributed by atoms with E-state index in [1.165, 1.54) is 0 Å². The number of hydrogen-bond donors (Lipinski definition) is 3. The Hall–Kier alpha value is -4.78. The van der Waals surface area contributed by atoms with Gasteiger partial charge in [-0.15, -0.1) is 0 Å². The average molecular weight is 447 g/mol. The number of pyridine rings is 1. The second-order valence-electron chi connectivity index (χ2n) is 7.74. The van der Waals surface area contributed by atoms with E-state index in [-0.39, 0.29) is 5.91 Å². The Morgan fingerprint density at radius 3 is 2.50 bits per heavy atom. The van der Waals surface area contributed by atoms with E-state index in [1.807, 2.05) is 78.9 Å². The fourth-order valence-corrected chi connectivity index (χ4v) is 3.71. The van der Waals surface area contributed by atoms with Crippen LogP contribution in [0.2, 0.25) is 0 Å². The summed E-state index contributed by atoms with van der Waals surface area (Å²) in [6, 6.07) is 28.6. The van der Waals surface area contributed by atoms with Crippen LogP contribution in [0.5, 0.6) is 0 Å². The molecule has 166 valence electrons. The molecule has 0 spiro atoms. The van der Waals surface area contributed by atoms with Gasteiger partial charge in [-0.25, -0.2) is 9.78 Å². The fraction of sp³-hybridized carbons (Fsp3) is 0.0370. The molecule has 0 fully saturated rings. The van der Waals surface area contributed by atoms with E-state index in [2.05, 4.69) is 31.7 Å². The first-order valence-electron chi connectivity index (χ1n) is 10.8. The van der Waals surface area contributed by atoms with E-state index in [0.29, 0.717) is 23.6 Å². The van der Waals surface area contributed by atoms with Crippen LogP contribution in [0.3, 0.4) is 0 Å². The smallest absolute Gasteiger partial charge is 0.348 e. The molecule has 0 aliphatic heterocycles. The zero-order valence-electron chi connectivity index (χ0n) is 18.2. The third-order valence-electron chi connectivity index (χ3n) is 5.40. The van der Waals surface area contributed by atoms with Gasteiger partial charge in [0.1, 0.15) is 11.5 Å². The molecule has 0 aliphatic carbocycles. The standard InChI is InChI=1S/C27H21N5O2/c33-26(30-22-8-2-1-3-9-22)20-13-11-19(12-14-20)21-7-4-6-18(16-21)17-29-25-23-10-5-15-28-24(23)31-27(34)32-25/h1-16H,17H2,(H,30,33)(H2,28,29,31,32,34). The van der Waals surface area contributed by atoms with E-state index >= 15 is 0 Å². The number of carbonyl (C=O) groups is 1. The Labute approximate surface area is 195 Å². The van der Waals surface area contributed by atoms with Crippen LogP contribution in [0.25, 0.3) is 22.2 Å². The van der Waals surface area contributed by atoms with E-state index in [1.54, 1.807) is 12.3 Å². The first kappa shape index (κ1) is 21.1. The summed E-state index contributed by atoms with van der Waals surface area (Å²) in [6.45, 7) is 0.492. The van der Waals surface area contributed by atoms with Crippen LogP contribution in [-0.4, -0.2) is 20.9 Å². The van der Waals surface area contributed by atoms with E-state index in [0.717, 1.165) is 27.8 Å². The third kappa shape index (κ3) is 4.68. The number of aromatic nitrogens is 3. The quantitative estimate of drug-likeness (QED) is 0.346. The highest BCUT2D eigenvalue weighted by atomic mass is 16.1. The maximum absolute atomic E-state index is 12.5. The van der Waals surface area contributed by atoms with Crippen LogP contribution in [-0.2, 0) is 6.54 Å². The fourth-order valence-electron chi connectivity index (χ4n) is 3.71. The molecule has 0 bridgehead atoms. The first-order chi connectivity index (χ1) is 16.7. The lowest BCUT2D eigenvalue weighted by Crippen LogP contribution is -2.14. The Kier molecular flexibility index (Phi) is 5.82.